The fraction of sp³-hybridized carbons (Fsp3) is 0.182. The van der Waals surface area contributed by atoms with Crippen molar-refractivity contribution < 1.29 is 4.79 Å². The zero-order chi connectivity index (χ0) is 11.5. The molecule has 82 valence electrons. The van der Waals surface area contributed by atoms with Crippen molar-refractivity contribution in [2.45, 2.75) is 13.8 Å². The van der Waals surface area contributed by atoms with Gasteiger partial charge in [0.15, 0.2) is 0 Å². The van der Waals surface area contributed by atoms with E-state index in [-0.39, 0.29) is 5.91 Å². The molecule has 0 saturated carbocycles. The van der Waals surface area contributed by atoms with Crippen LogP contribution in [-0.2, 0) is 0 Å². The summed E-state index contributed by atoms with van der Waals surface area (Å²) >= 11 is 1.45. The summed E-state index contributed by atoms with van der Waals surface area (Å²) in [6.07, 6.45) is 1.71. The molecule has 2 heterocycles. The van der Waals surface area contributed by atoms with Crippen molar-refractivity contribution in [3.8, 4) is 0 Å². The van der Waals surface area contributed by atoms with Gasteiger partial charge in [-0.15, -0.1) is 11.3 Å². The highest BCUT2D eigenvalue weighted by Crippen LogP contribution is 2.10. The third-order valence-electron chi connectivity index (χ3n) is 2.00. The number of anilines is 1. The maximum absolute atomic E-state index is 11.7. The average Bonchev–Trinajstić information content (AvgIpc) is 2.68. The van der Waals surface area contributed by atoms with E-state index in [9.17, 15) is 4.79 Å². The maximum Gasteiger partial charge on any atom is 0.276 e. The number of hydrogen-bond donors (Lipinski definition) is 1. The number of hydrogen-bond acceptors (Lipinski definition) is 4. The Kier molecular flexibility index (Phi) is 2.96. The van der Waals surface area contributed by atoms with Gasteiger partial charge in [-0.3, -0.25) is 4.79 Å². The minimum Gasteiger partial charge on any atom is -0.305 e. The zero-order valence-corrected chi connectivity index (χ0v) is 9.84. The predicted octanol–water partition coefficient (Wildman–Crippen LogP) is 2.41. The van der Waals surface area contributed by atoms with Crippen LogP contribution < -0.4 is 5.32 Å². The molecule has 0 radical (unpaired) electrons. The minimum atomic E-state index is -0.222. The summed E-state index contributed by atoms with van der Waals surface area (Å²) in [5, 5.41) is 5.30. The van der Waals surface area contributed by atoms with Crippen LogP contribution in [0.1, 0.15) is 21.1 Å². The maximum atomic E-state index is 11.7. The van der Waals surface area contributed by atoms with Gasteiger partial charge in [-0.1, -0.05) is 6.07 Å². The Bertz CT molecular complexity index is 504. The van der Waals surface area contributed by atoms with Crippen molar-refractivity contribution in [3.63, 3.8) is 0 Å². The van der Waals surface area contributed by atoms with Crippen LogP contribution in [-0.4, -0.2) is 15.9 Å². The second kappa shape index (κ2) is 4.40. The number of carbonyl (C=O) groups excluding carboxylic acids is 1. The van der Waals surface area contributed by atoms with Gasteiger partial charge in [-0.05, 0) is 25.5 Å². The Morgan fingerprint density at radius 1 is 1.38 bits per heavy atom. The van der Waals surface area contributed by atoms with Crippen LogP contribution in [0.15, 0.2) is 23.7 Å². The van der Waals surface area contributed by atoms with Crippen LogP contribution in [0.4, 0.5) is 5.82 Å². The summed E-state index contributed by atoms with van der Waals surface area (Å²) in [5.41, 5.74) is 1.49. The molecule has 0 aliphatic rings. The van der Waals surface area contributed by atoms with E-state index in [1.54, 1.807) is 17.6 Å². The molecule has 4 nitrogen and oxygen atoms in total. The lowest BCUT2D eigenvalue weighted by Crippen LogP contribution is -2.13. The smallest absolute Gasteiger partial charge is 0.276 e. The summed E-state index contributed by atoms with van der Waals surface area (Å²) in [4.78, 5) is 19.9. The molecule has 1 amide bonds. The molecular formula is C11H11N3OS. The summed E-state index contributed by atoms with van der Waals surface area (Å²) in [6.45, 7) is 3.81. The number of aromatic nitrogens is 2. The molecule has 2 rings (SSSR count). The Balaban J connectivity index is 2.10. The van der Waals surface area contributed by atoms with E-state index in [0.29, 0.717) is 11.5 Å². The Labute approximate surface area is 97.4 Å². The van der Waals surface area contributed by atoms with E-state index in [4.69, 9.17) is 0 Å². The molecule has 0 aliphatic heterocycles. The van der Waals surface area contributed by atoms with Gasteiger partial charge in [-0.2, -0.15) is 0 Å². The number of nitrogens with zero attached hydrogens (tertiary/aromatic N) is 2. The van der Waals surface area contributed by atoms with Crippen LogP contribution in [0.2, 0.25) is 0 Å². The molecule has 0 atom stereocenters. The van der Waals surface area contributed by atoms with Crippen molar-refractivity contribution in [1.29, 1.82) is 0 Å². The summed E-state index contributed by atoms with van der Waals surface area (Å²) < 4.78 is 0. The highest BCUT2D eigenvalue weighted by atomic mass is 32.1. The lowest BCUT2D eigenvalue weighted by molar-refractivity contribution is 0.102. The predicted molar refractivity (Wildman–Crippen MR) is 63.8 cm³/mol. The molecule has 2 aromatic rings. The van der Waals surface area contributed by atoms with Crippen LogP contribution in [0.25, 0.3) is 0 Å². The van der Waals surface area contributed by atoms with Crippen molar-refractivity contribution in [3.05, 3.63) is 40.0 Å². The highest BCUT2D eigenvalue weighted by molar-refractivity contribution is 7.09. The molecule has 0 spiro atoms. The Morgan fingerprint density at radius 2 is 2.19 bits per heavy atom. The summed E-state index contributed by atoms with van der Waals surface area (Å²) in [5.74, 6) is 0.321. The fourth-order valence-corrected chi connectivity index (χ4v) is 1.78. The number of aryl methyl sites for hydroxylation is 2. The van der Waals surface area contributed by atoms with E-state index in [0.717, 1.165) is 10.6 Å². The van der Waals surface area contributed by atoms with Crippen molar-refractivity contribution in [1.82, 2.24) is 9.97 Å². The molecule has 16 heavy (non-hydrogen) atoms. The van der Waals surface area contributed by atoms with Gasteiger partial charge in [0, 0.05) is 11.6 Å². The molecule has 0 aromatic carbocycles. The largest absolute Gasteiger partial charge is 0.305 e. The fourth-order valence-electron chi connectivity index (χ4n) is 1.19. The topological polar surface area (TPSA) is 54.9 Å². The molecule has 0 saturated heterocycles. The van der Waals surface area contributed by atoms with Gasteiger partial charge >= 0.3 is 0 Å². The second-order valence-electron chi connectivity index (χ2n) is 3.43. The first-order valence-electron chi connectivity index (χ1n) is 4.81. The van der Waals surface area contributed by atoms with Gasteiger partial charge in [-0.25, -0.2) is 9.97 Å². The van der Waals surface area contributed by atoms with E-state index in [1.165, 1.54) is 11.3 Å². The standard InChI is InChI=1S/C11H11N3OS/c1-7-3-4-10(12-5-7)14-11(15)9-6-16-8(2)13-9/h3-6H,1-2H3,(H,12,14,15). The third-order valence-corrected chi connectivity index (χ3v) is 2.78. The van der Waals surface area contributed by atoms with Gasteiger partial charge in [0.1, 0.15) is 11.5 Å². The SMILES string of the molecule is Cc1ccc(NC(=O)c2csc(C)n2)nc1. The Morgan fingerprint density at radius 3 is 2.75 bits per heavy atom. The first-order chi connectivity index (χ1) is 7.65. The molecular weight excluding hydrogens is 222 g/mol. The Hall–Kier alpha value is -1.75. The van der Waals surface area contributed by atoms with Gasteiger partial charge < -0.3 is 5.32 Å². The summed E-state index contributed by atoms with van der Waals surface area (Å²) in [6, 6.07) is 3.67. The lowest BCUT2D eigenvalue weighted by atomic mass is 10.3. The normalized spacial score (nSPS) is 10.1. The van der Waals surface area contributed by atoms with E-state index < -0.39 is 0 Å². The van der Waals surface area contributed by atoms with Gasteiger partial charge in [0.25, 0.3) is 5.91 Å². The minimum absolute atomic E-state index is 0.222. The first kappa shape index (κ1) is 10.8. The number of amides is 1. The van der Waals surface area contributed by atoms with Crippen molar-refractivity contribution in [2.24, 2.45) is 0 Å². The number of thiazole rings is 1. The molecule has 0 bridgehead atoms. The van der Waals surface area contributed by atoms with Crippen LogP contribution >= 0.6 is 11.3 Å². The van der Waals surface area contributed by atoms with E-state index in [2.05, 4.69) is 15.3 Å². The first-order valence-corrected chi connectivity index (χ1v) is 5.69. The van der Waals surface area contributed by atoms with E-state index >= 15 is 0 Å². The van der Waals surface area contributed by atoms with Gasteiger partial charge in [0.05, 0.1) is 5.01 Å². The zero-order valence-electron chi connectivity index (χ0n) is 9.02. The molecule has 0 aliphatic carbocycles. The molecule has 1 N–H and O–H groups in total. The molecule has 5 heteroatoms. The summed E-state index contributed by atoms with van der Waals surface area (Å²) in [7, 11) is 0. The third kappa shape index (κ3) is 2.43. The highest BCUT2D eigenvalue weighted by Gasteiger charge is 2.09. The lowest BCUT2D eigenvalue weighted by Gasteiger charge is -2.01. The van der Waals surface area contributed by atoms with Crippen molar-refractivity contribution >= 4 is 23.1 Å². The average molecular weight is 233 g/mol. The number of carbonyl (C=O) groups is 1. The quantitative estimate of drug-likeness (QED) is 0.866. The van der Waals surface area contributed by atoms with Crippen LogP contribution in [0.5, 0.6) is 0 Å². The number of pyridine rings is 1. The number of rotatable bonds is 2. The van der Waals surface area contributed by atoms with E-state index in [1.807, 2.05) is 19.9 Å². The van der Waals surface area contributed by atoms with Crippen LogP contribution in [0.3, 0.4) is 0 Å². The monoisotopic (exact) mass is 233 g/mol. The number of nitrogens with one attached hydrogen (secondary N) is 1. The van der Waals surface area contributed by atoms with Gasteiger partial charge in [0.2, 0.25) is 0 Å². The molecule has 0 fully saturated rings. The molecule has 2 aromatic heterocycles. The molecule has 0 unspecified atom stereocenters. The van der Waals surface area contributed by atoms with Crippen LogP contribution in [0, 0.1) is 13.8 Å². The second-order valence-corrected chi connectivity index (χ2v) is 4.49. The van der Waals surface area contributed by atoms with Crippen molar-refractivity contribution in [2.75, 3.05) is 5.32 Å².